The van der Waals surface area contributed by atoms with Crippen molar-refractivity contribution in [2.24, 2.45) is 0 Å². The third-order valence-corrected chi connectivity index (χ3v) is 1.79. The van der Waals surface area contributed by atoms with Gasteiger partial charge in [-0.15, -0.1) is 0 Å². The first-order valence-electron chi connectivity index (χ1n) is 5.17. The van der Waals surface area contributed by atoms with Gasteiger partial charge in [0.05, 0.1) is 0 Å². The van der Waals surface area contributed by atoms with Crippen molar-refractivity contribution in [3.05, 3.63) is 36.0 Å². The molecule has 0 aromatic heterocycles. The summed E-state index contributed by atoms with van der Waals surface area (Å²) in [6, 6.07) is 0. The smallest absolute Gasteiger partial charge is 0.0314 e. The summed E-state index contributed by atoms with van der Waals surface area (Å²) in [6.07, 6.45) is 15.9. The molecule has 0 heterocycles. The third-order valence-electron chi connectivity index (χ3n) is 1.79. The summed E-state index contributed by atoms with van der Waals surface area (Å²) >= 11 is 0. The fourth-order valence-corrected chi connectivity index (χ4v) is 1.06. The minimum atomic E-state index is 1.18. The Kier molecular flexibility index (Phi) is 8.75. The second-order valence-electron chi connectivity index (χ2n) is 3.48. The van der Waals surface area contributed by atoms with Crippen molar-refractivity contribution in [1.29, 1.82) is 0 Å². The van der Waals surface area contributed by atoms with Crippen molar-refractivity contribution in [2.45, 2.75) is 46.5 Å². The van der Waals surface area contributed by atoms with Crippen LogP contribution in [0.3, 0.4) is 0 Å². The molecule has 0 fully saturated rings. The lowest BCUT2D eigenvalue weighted by Gasteiger charge is -1.89. The highest BCUT2D eigenvalue weighted by atomic mass is 13.9. The summed E-state index contributed by atoms with van der Waals surface area (Å²) in [5.74, 6) is 0. The maximum Gasteiger partial charge on any atom is -0.0314 e. The van der Waals surface area contributed by atoms with Crippen LogP contribution in [0, 0.1) is 0 Å². The Labute approximate surface area is 83.0 Å². The van der Waals surface area contributed by atoms with E-state index in [4.69, 9.17) is 0 Å². The molecule has 0 N–H and O–H groups in total. The van der Waals surface area contributed by atoms with Crippen LogP contribution in [0.1, 0.15) is 46.5 Å². The molecule has 0 radical (unpaired) electrons. The quantitative estimate of drug-likeness (QED) is 0.410. The van der Waals surface area contributed by atoms with E-state index in [-0.39, 0.29) is 0 Å². The minimum Gasteiger partial charge on any atom is -0.0917 e. The van der Waals surface area contributed by atoms with Gasteiger partial charge in [-0.25, -0.2) is 0 Å². The molecule has 0 aliphatic carbocycles. The highest BCUT2D eigenvalue weighted by molar-refractivity contribution is 4.95. The molecule has 0 amide bonds. The molecule has 0 nitrogen and oxygen atoms in total. The number of hydrogen-bond donors (Lipinski definition) is 0. The summed E-state index contributed by atoms with van der Waals surface area (Å²) in [5, 5.41) is 0. The summed E-state index contributed by atoms with van der Waals surface area (Å²) in [5.41, 5.74) is 1.42. The van der Waals surface area contributed by atoms with Crippen LogP contribution in [0.4, 0.5) is 0 Å². The van der Waals surface area contributed by atoms with Crippen LogP contribution in [0.2, 0.25) is 0 Å². The van der Waals surface area contributed by atoms with Crippen LogP contribution in [-0.4, -0.2) is 0 Å². The molecule has 0 saturated carbocycles. The first-order chi connectivity index (χ1) is 6.27. The van der Waals surface area contributed by atoms with Gasteiger partial charge >= 0.3 is 0 Å². The van der Waals surface area contributed by atoms with Crippen LogP contribution in [-0.2, 0) is 0 Å². The predicted octanol–water partition coefficient (Wildman–Crippen LogP) is 4.65. The summed E-state index contributed by atoms with van der Waals surface area (Å²) in [7, 11) is 0. The summed E-state index contributed by atoms with van der Waals surface area (Å²) in [4.78, 5) is 0. The Morgan fingerprint density at radius 1 is 0.846 bits per heavy atom. The van der Waals surface area contributed by atoms with E-state index in [0.717, 1.165) is 0 Å². The standard InChI is InChI=1S/C13H22/c1-4-5-6-7-8-9-10-11-12-13(2)3/h4-5,8-9,12H,6-7,10-11H2,1-3H3/b5-4+,9-8+. The van der Waals surface area contributed by atoms with Gasteiger partial charge in [0.25, 0.3) is 0 Å². The van der Waals surface area contributed by atoms with Crippen molar-refractivity contribution in [1.82, 2.24) is 0 Å². The zero-order valence-electron chi connectivity index (χ0n) is 9.22. The van der Waals surface area contributed by atoms with Crippen molar-refractivity contribution in [3.63, 3.8) is 0 Å². The van der Waals surface area contributed by atoms with E-state index in [1.807, 2.05) is 0 Å². The largest absolute Gasteiger partial charge is 0.0917 e. The van der Waals surface area contributed by atoms with Crippen LogP contribution in [0.5, 0.6) is 0 Å². The predicted molar refractivity (Wildman–Crippen MR) is 61.9 cm³/mol. The van der Waals surface area contributed by atoms with Crippen molar-refractivity contribution in [2.75, 3.05) is 0 Å². The zero-order chi connectivity index (χ0) is 9.94. The average molecular weight is 178 g/mol. The van der Waals surface area contributed by atoms with E-state index >= 15 is 0 Å². The van der Waals surface area contributed by atoms with Crippen LogP contribution < -0.4 is 0 Å². The van der Waals surface area contributed by atoms with Gasteiger partial charge in [-0.05, 0) is 46.5 Å². The third kappa shape index (κ3) is 11.2. The van der Waals surface area contributed by atoms with Gasteiger partial charge in [-0.3, -0.25) is 0 Å². The molecular weight excluding hydrogens is 156 g/mol. The maximum atomic E-state index is 2.29. The topological polar surface area (TPSA) is 0 Å². The molecule has 0 aromatic carbocycles. The minimum absolute atomic E-state index is 1.18. The Hall–Kier alpha value is -0.780. The van der Waals surface area contributed by atoms with E-state index in [1.165, 1.54) is 31.3 Å². The molecule has 0 unspecified atom stereocenters. The van der Waals surface area contributed by atoms with E-state index in [1.54, 1.807) is 0 Å². The molecule has 0 atom stereocenters. The lowest BCUT2D eigenvalue weighted by Crippen LogP contribution is -1.69. The van der Waals surface area contributed by atoms with Gasteiger partial charge in [0.1, 0.15) is 0 Å². The fraction of sp³-hybridized carbons (Fsp3) is 0.538. The van der Waals surface area contributed by atoms with Crippen molar-refractivity contribution in [3.8, 4) is 0 Å². The molecule has 0 aliphatic heterocycles. The highest BCUT2D eigenvalue weighted by Crippen LogP contribution is 2.00. The number of rotatable bonds is 6. The molecule has 0 rings (SSSR count). The second kappa shape index (κ2) is 9.31. The fourth-order valence-electron chi connectivity index (χ4n) is 1.06. The molecule has 13 heavy (non-hydrogen) atoms. The van der Waals surface area contributed by atoms with E-state index in [2.05, 4.69) is 51.2 Å². The Balaban J connectivity index is 3.27. The SMILES string of the molecule is C/C=C/CC/C=C/CCC=C(C)C. The first-order valence-corrected chi connectivity index (χ1v) is 5.17. The van der Waals surface area contributed by atoms with Gasteiger partial charge < -0.3 is 0 Å². The van der Waals surface area contributed by atoms with Gasteiger partial charge in [0.2, 0.25) is 0 Å². The zero-order valence-corrected chi connectivity index (χ0v) is 9.22. The average Bonchev–Trinajstić information content (AvgIpc) is 2.09. The molecule has 0 spiro atoms. The molecule has 74 valence electrons. The molecule has 0 bridgehead atoms. The van der Waals surface area contributed by atoms with Crippen molar-refractivity contribution < 1.29 is 0 Å². The summed E-state index contributed by atoms with van der Waals surface area (Å²) < 4.78 is 0. The van der Waals surface area contributed by atoms with Crippen LogP contribution in [0.25, 0.3) is 0 Å². The molecule has 0 aliphatic rings. The van der Waals surface area contributed by atoms with Crippen molar-refractivity contribution >= 4 is 0 Å². The Bertz CT molecular complexity index is 178. The Morgan fingerprint density at radius 2 is 1.38 bits per heavy atom. The maximum absolute atomic E-state index is 2.29. The van der Waals surface area contributed by atoms with E-state index < -0.39 is 0 Å². The van der Waals surface area contributed by atoms with Crippen LogP contribution in [0.15, 0.2) is 36.0 Å². The van der Waals surface area contributed by atoms with Gasteiger partial charge in [0, 0.05) is 0 Å². The highest BCUT2D eigenvalue weighted by Gasteiger charge is 1.79. The molecule has 0 aromatic rings. The molecule has 0 saturated heterocycles. The lowest BCUT2D eigenvalue weighted by atomic mass is 10.2. The first kappa shape index (κ1) is 12.2. The number of allylic oxidation sites excluding steroid dienone is 6. The van der Waals surface area contributed by atoms with E-state index in [9.17, 15) is 0 Å². The van der Waals surface area contributed by atoms with E-state index in [0.29, 0.717) is 0 Å². The second-order valence-corrected chi connectivity index (χ2v) is 3.48. The van der Waals surface area contributed by atoms with Gasteiger partial charge in [0.15, 0.2) is 0 Å². The normalized spacial score (nSPS) is 11.3. The molecule has 0 heteroatoms. The number of unbranched alkanes of at least 4 members (excludes halogenated alkanes) is 2. The lowest BCUT2D eigenvalue weighted by molar-refractivity contribution is 0.996. The van der Waals surface area contributed by atoms with Gasteiger partial charge in [-0.2, -0.15) is 0 Å². The molecular formula is C13H22. The monoisotopic (exact) mass is 178 g/mol. The van der Waals surface area contributed by atoms with Gasteiger partial charge in [-0.1, -0.05) is 36.0 Å². The Morgan fingerprint density at radius 3 is 1.92 bits per heavy atom. The summed E-state index contributed by atoms with van der Waals surface area (Å²) in [6.45, 7) is 6.37. The number of hydrogen-bond acceptors (Lipinski definition) is 0. The van der Waals surface area contributed by atoms with Crippen LogP contribution >= 0.6 is 0 Å².